The standard InChI is InChI=1S/C16H23NO3/c1-3-8-17-13(4-2)16(18)12-6-7-14-15(11-12)20-10-5-9-19-14/h3,6-7,11,13,16-18H,1,4-5,8-10H2,2H3. The van der Waals surface area contributed by atoms with Gasteiger partial charge in [-0.15, -0.1) is 6.58 Å². The van der Waals surface area contributed by atoms with Gasteiger partial charge in [-0.2, -0.15) is 0 Å². The third-order valence-electron chi connectivity index (χ3n) is 3.46. The number of fused-ring (bicyclic) bond motifs is 1. The smallest absolute Gasteiger partial charge is 0.161 e. The summed E-state index contributed by atoms with van der Waals surface area (Å²) in [6, 6.07) is 5.65. The van der Waals surface area contributed by atoms with Gasteiger partial charge in [0.15, 0.2) is 11.5 Å². The molecule has 0 saturated heterocycles. The Hall–Kier alpha value is -1.52. The van der Waals surface area contributed by atoms with Gasteiger partial charge in [-0.25, -0.2) is 0 Å². The van der Waals surface area contributed by atoms with Crippen LogP contribution in [0, 0.1) is 0 Å². The molecule has 1 heterocycles. The van der Waals surface area contributed by atoms with Crippen LogP contribution < -0.4 is 14.8 Å². The number of hydrogen-bond acceptors (Lipinski definition) is 4. The molecule has 2 unspecified atom stereocenters. The fraction of sp³-hybridized carbons (Fsp3) is 0.500. The molecule has 0 bridgehead atoms. The van der Waals surface area contributed by atoms with Crippen LogP contribution in [-0.2, 0) is 0 Å². The minimum atomic E-state index is -0.572. The highest BCUT2D eigenvalue weighted by Gasteiger charge is 2.20. The maximum Gasteiger partial charge on any atom is 0.161 e. The maximum atomic E-state index is 10.5. The quantitative estimate of drug-likeness (QED) is 0.784. The highest BCUT2D eigenvalue weighted by atomic mass is 16.5. The first-order chi connectivity index (χ1) is 9.76. The Labute approximate surface area is 120 Å². The number of aliphatic hydroxyl groups excluding tert-OH is 1. The Bertz CT molecular complexity index is 447. The maximum absolute atomic E-state index is 10.5. The van der Waals surface area contributed by atoms with Crippen molar-refractivity contribution in [2.75, 3.05) is 19.8 Å². The van der Waals surface area contributed by atoms with Gasteiger partial charge < -0.3 is 19.9 Å². The molecule has 20 heavy (non-hydrogen) atoms. The number of rotatable bonds is 6. The minimum absolute atomic E-state index is 0.00209. The van der Waals surface area contributed by atoms with Crippen molar-refractivity contribution in [3.63, 3.8) is 0 Å². The number of benzene rings is 1. The van der Waals surface area contributed by atoms with E-state index in [1.165, 1.54) is 0 Å². The lowest BCUT2D eigenvalue weighted by Gasteiger charge is -2.23. The van der Waals surface area contributed by atoms with Crippen LogP contribution in [0.2, 0.25) is 0 Å². The molecule has 4 heteroatoms. The molecule has 0 aromatic heterocycles. The molecule has 1 aromatic rings. The van der Waals surface area contributed by atoms with E-state index in [1.54, 1.807) is 6.08 Å². The van der Waals surface area contributed by atoms with Gasteiger partial charge >= 0.3 is 0 Å². The molecule has 1 aromatic carbocycles. The summed E-state index contributed by atoms with van der Waals surface area (Å²) in [7, 11) is 0. The van der Waals surface area contributed by atoms with Crippen LogP contribution in [0.25, 0.3) is 0 Å². The second-order valence-electron chi connectivity index (χ2n) is 4.91. The molecule has 0 fully saturated rings. The van der Waals surface area contributed by atoms with Crippen LogP contribution in [0.4, 0.5) is 0 Å². The molecular weight excluding hydrogens is 254 g/mol. The van der Waals surface area contributed by atoms with Crippen LogP contribution in [-0.4, -0.2) is 30.9 Å². The topological polar surface area (TPSA) is 50.7 Å². The van der Waals surface area contributed by atoms with Gasteiger partial charge in [-0.05, 0) is 24.1 Å². The summed E-state index contributed by atoms with van der Waals surface area (Å²) < 4.78 is 11.3. The Balaban J connectivity index is 2.14. The SMILES string of the molecule is C=CCNC(CC)C(O)c1ccc2c(c1)OCCCO2. The highest BCUT2D eigenvalue weighted by Crippen LogP contribution is 2.33. The molecule has 2 N–H and O–H groups in total. The number of nitrogens with one attached hydrogen (secondary N) is 1. The molecule has 4 nitrogen and oxygen atoms in total. The van der Waals surface area contributed by atoms with E-state index in [-0.39, 0.29) is 6.04 Å². The largest absolute Gasteiger partial charge is 0.490 e. The first-order valence-corrected chi connectivity index (χ1v) is 7.18. The van der Waals surface area contributed by atoms with Crippen LogP contribution >= 0.6 is 0 Å². The van der Waals surface area contributed by atoms with Gasteiger partial charge in [0.1, 0.15) is 0 Å². The van der Waals surface area contributed by atoms with Gasteiger partial charge in [0.2, 0.25) is 0 Å². The first kappa shape index (κ1) is 14.9. The van der Waals surface area contributed by atoms with E-state index in [9.17, 15) is 5.11 Å². The predicted octanol–water partition coefficient (Wildman–Crippen LogP) is 2.44. The fourth-order valence-electron chi connectivity index (χ4n) is 2.31. The zero-order chi connectivity index (χ0) is 14.4. The Morgan fingerprint density at radius 1 is 1.35 bits per heavy atom. The molecule has 1 aliphatic rings. The normalized spacial score (nSPS) is 17.1. The van der Waals surface area contributed by atoms with E-state index in [0.29, 0.717) is 19.8 Å². The summed E-state index contributed by atoms with van der Waals surface area (Å²) in [5.74, 6) is 1.48. The van der Waals surface area contributed by atoms with Crippen LogP contribution in [0.5, 0.6) is 11.5 Å². The van der Waals surface area contributed by atoms with Gasteiger partial charge in [-0.3, -0.25) is 0 Å². The third kappa shape index (κ3) is 3.52. The molecule has 0 saturated carbocycles. The van der Waals surface area contributed by atoms with E-state index >= 15 is 0 Å². The van der Waals surface area contributed by atoms with Crippen molar-refractivity contribution in [3.8, 4) is 11.5 Å². The molecule has 110 valence electrons. The van der Waals surface area contributed by atoms with Crippen LogP contribution in [0.15, 0.2) is 30.9 Å². The van der Waals surface area contributed by atoms with Gasteiger partial charge in [0.05, 0.1) is 19.3 Å². The molecule has 2 rings (SSSR count). The molecule has 1 aliphatic heterocycles. The number of hydrogen-bond donors (Lipinski definition) is 2. The van der Waals surface area contributed by atoms with Crippen molar-refractivity contribution in [3.05, 3.63) is 36.4 Å². The van der Waals surface area contributed by atoms with Gasteiger partial charge in [-0.1, -0.05) is 19.1 Å². The Morgan fingerprint density at radius 2 is 2.10 bits per heavy atom. The first-order valence-electron chi connectivity index (χ1n) is 7.18. The molecule has 0 spiro atoms. The van der Waals surface area contributed by atoms with E-state index in [1.807, 2.05) is 25.1 Å². The molecule has 0 radical (unpaired) electrons. The predicted molar refractivity (Wildman–Crippen MR) is 79.3 cm³/mol. The van der Waals surface area contributed by atoms with E-state index < -0.39 is 6.10 Å². The lowest BCUT2D eigenvalue weighted by atomic mass is 10.00. The van der Waals surface area contributed by atoms with E-state index in [0.717, 1.165) is 29.9 Å². The van der Waals surface area contributed by atoms with Crippen LogP contribution in [0.3, 0.4) is 0 Å². The van der Waals surface area contributed by atoms with Crippen molar-refractivity contribution < 1.29 is 14.6 Å². The molecule has 0 aliphatic carbocycles. The number of ether oxygens (including phenoxy) is 2. The summed E-state index contributed by atoms with van der Waals surface area (Å²) in [5, 5.41) is 13.8. The average Bonchev–Trinajstić information content (AvgIpc) is 2.72. The van der Waals surface area contributed by atoms with Gasteiger partial charge in [0.25, 0.3) is 0 Å². The van der Waals surface area contributed by atoms with Crippen molar-refractivity contribution >= 4 is 0 Å². The Morgan fingerprint density at radius 3 is 2.80 bits per heavy atom. The van der Waals surface area contributed by atoms with Crippen molar-refractivity contribution in [2.45, 2.75) is 31.9 Å². The average molecular weight is 277 g/mol. The van der Waals surface area contributed by atoms with Crippen LogP contribution in [0.1, 0.15) is 31.4 Å². The third-order valence-corrected chi connectivity index (χ3v) is 3.46. The molecular formula is C16H23NO3. The summed E-state index contributed by atoms with van der Waals surface area (Å²) >= 11 is 0. The monoisotopic (exact) mass is 277 g/mol. The van der Waals surface area contributed by atoms with E-state index in [4.69, 9.17) is 9.47 Å². The molecule has 0 amide bonds. The summed E-state index contributed by atoms with van der Waals surface area (Å²) in [5.41, 5.74) is 0.845. The highest BCUT2D eigenvalue weighted by molar-refractivity contribution is 5.44. The lowest BCUT2D eigenvalue weighted by molar-refractivity contribution is 0.127. The zero-order valence-electron chi connectivity index (χ0n) is 12.0. The second kappa shape index (κ2) is 7.31. The van der Waals surface area contributed by atoms with Crippen molar-refractivity contribution in [2.24, 2.45) is 0 Å². The minimum Gasteiger partial charge on any atom is -0.490 e. The fourth-order valence-corrected chi connectivity index (χ4v) is 2.31. The zero-order valence-corrected chi connectivity index (χ0v) is 12.0. The van der Waals surface area contributed by atoms with E-state index in [2.05, 4.69) is 11.9 Å². The summed E-state index contributed by atoms with van der Waals surface area (Å²) in [4.78, 5) is 0. The molecule has 2 atom stereocenters. The van der Waals surface area contributed by atoms with Crippen molar-refractivity contribution in [1.29, 1.82) is 0 Å². The number of aliphatic hydroxyl groups is 1. The lowest BCUT2D eigenvalue weighted by Crippen LogP contribution is -2.34. The summed E-state index contributed by atoms with van der Waals surface area (Å²) in [6.45, 7) is 7.74. The second-order valence-corrected chi connectivity index (χ2v) is 4.91. The van der Waals surface area contributed by atoms with Crippen molar-refractivity contribution in [1.82, 2.24) is 5.32 Å². The Kier molecular flexibility index (Phi) is 5.44. The summed E-state index contributed by atoms with van der Waals surface area (Å²) in [6.07, 6.45) is 2.94. The van der Waals surface area contributed by atoms with Gasteiger partial charge in [0, 0.05) is 19.0 Å².